The van der Waals surface area contributed by atoms with Crippen LogP contribution in [0.2, 0.25) is 5.28 Å². The molecule has 3 rings (SSSR count). The van der Waals surface area contributed by atoms with E-state index >= 15 is 0 Å². The first kappa shape index (κ1) is 13.1. The van der Waals surface area contributed by atoms with Crippen molar-refractivity contribution in [2.45, 2.75) is 25.8 Å². The highest BCUT2D eigenvalue weighted by atomic mass is 35.5. The zero-order valence-corrected chi connectivity index (χ0v) is 12.3. The molecule has 1 unspecified atom stereocenters. The van der Waals surface area contributed by atoms with E-state index in [9.17, 15) is 0 Å². The molecule has 19 heavy (non-hydrogen) atoms. The second-order valence-electron chi connectivity index (χ2n) is 4.86. The highest BCUT2D eigenvalue weighted by molar-refractivity contribution is 7.16. The van der Waals surface area contributed by atoms with E-state index < -0.39 is 0 Å². The minimum absolute atomic E-state index is 0.302. The van der Waals surface area contributed by atoms with E-state index in [1.165, 1.54) is 0 Å². The van der Waals surface area contributed by atoms with Gasteiger partial charge in [0.15, 0.2) is 0 Å². The standard InChI is InChI=1S/C13H16ClN3OS/c1-8(9-2-5-18-6-3-9)15-11-10-4-7-19-12(10)17-13(14)16-11/h4,7-9H,2-3,5-6H2,1H3,(H,15,16,17). The van der Waals surface area contributed by atoms with Crippen LogP contribution in [0, 0.1) is 5.92 Å². The molecule has 0 amide bonds. The minimum atomic E-state index is 0.302. The average Bonchev–Trinajstić information content (AvgIpc) is 2.88. The second-order valence-corrected chi connectivity index (χ2v) is 6.10. The van der Waals surface area contributed by atoms with Crippen LogP contribution in [0.4, 0.5) is 5.82 Å². The molecule has 1 aliphatic heterocycles. The van der Waals surface area contributed by atoms with Gasteiger partial charge in [-0.05, 0) is 48.7 Å². The van der Waals surface area contributed by atoms with Gasteiger partial charge in [-0.25, -0.2) is 9.97 Å². The summed E-state index contributed by atoms with van der Waals surface area (Å²) < 4.78 is 5.40. The Morgan fingerprint density at radius 3 is 3.00 bits per heavy atom. The van der Waals surface area contributed by atoms with E-state index in [0.717, 1.165) is 42.1 Å². The van der Waals surface area contributed by atoms with Crippen LogP contribution in [-0.2, 0) is 4.74 Å². The lowest BCUT2D eigenvalue weighted by Gasteiger charge is -2.28. The molecular weight excluding hydrogens is 282 g/mol. The monoisotopic (exact) mass is 297 g/mol. The van der Waals surface area contributed by atoms with Crippen molar-refractivity contribution in [3.63, 3.8) is 0 Å². The van der Waals surface area contributed by atoms with Crippen LogP contribution in [0.1, 0.15) is 19.8 Å². The van der Waals surface area contributed by atoms with E-state index in [2.05, 4.69) is 22.2 Å². The minimum Gasteiger partial charge on any atom is -0.381 e. The van der Waals surface area contributed by atoms with Crippen LogP contribution < -0.4 is 5.32 Å². The first-order valence-corrected chi connectivity index (χ1v) is 7.75. The van der Waals surface area contributed by atoms with E-state index in [1.807, 2.05) is 11.4 Å². The van der Waals surface area contributed by atoms with Crippen molar-refractivity contribution in [1.82, 2.24) is 9.97 Å². The summed E-state index contributed by atoms with van der Waals surface area (Å²) in [5.74, 6) is 1.46. The number of hydrogen-bond acceptors (Lipinski definition) is 5. The van der Waals surface area contributed by atoms with Crippen molar-refractivity contribution in [3.05, 3.63) is 16.7 Å². The number of nitrogens with zero attached hydrogens (tertiary/aromatic N) is 2. The van der Waals surface area contributed by atoms with Crippen molar-refractivity contribution < 1.29 is 4.74 Å². The van der Waals surface area contributed by atoms with Gasteiger partial charge in [0.25, 0.3) is 0 Å². The first-order chi connectivity index (χ1) is 9.24. The molecular formula is C13H16ClN3OS. The molecule has 2 aromatic heterocycles. The van der Waals surface area contributed by atoms with E-state index in [4.69, 9.17) is 16.3 Å². The smallest absolute Gasteiger partial charge is 0.225 e. The van der Waals surface area contributed by atoms with Crippen molar-refractivity contribution in [2.75, 3.05) is 18.5 Å². The van der Waals surface area contributed by atoms with Crippen LogP contribution in [0.15, 0.2) is 11.4 Å². The molecule has 0 saturated carbocycles. The lowest BCUT2D eigenvalue weighted by molar-refractivity contribution is 0.0622. The summed E-state index contributed by atoms with van der Waals surface area (Å²) >= 11 is 7.56. The number of anilines is 1. The average molecular weight is 298 g/mol. The van der Waals surface area contributed by atoms with E-state index in [1.54, 1.807) is 11.3 Å². The van der Waals surface area contributed by atoms with Gasteiger partial charge in [-0.1, -0.05) is 0 Å². The Labute approximate surface area is 121 Å². The lowest BCUT2D eigenvalue weighted by Crippen LogP contribution is -2.31. The zero-order chi connectivity index (χ0) is 13.2. The number of halogens is 1. The van der Waals surface area contributed by atoms with Crippen molar-refractivity contribution in [3.8, 4) is 0 Å². The Morgan fingerprint density at radius 1 is 1.42 bits per heavy atom. The van der Waals surface area contributed by atoms with Crippen LogP contribution in [0.5, 0.6) is 0 Å². The summed E-state index contributed by atoms with van der Waals surface area (Å²) in [6, 6.07) is 2.40. The maximum Gasteiger partial charge on any atom is 0.225 e. The van der Waals surface area contributed by atoms with Crippen molar-refractivity contribution in [2.24, 2.45) is 5.92 Å². The molecule has 0 aliphatic carbocycles. The molecule has 0 spiro atoms. The van der Waals surface area contributed by atoms with Gasteiger partial charge in [-0.3, -0.25) is 0 Å². The van der Waals surface area contributed by atoms with Gasteiger partial charge in [0, 0.05) is 19.3 Å². The van der Waals surface area contributed by atoms with Crippen LogP contribution in [-0.4, -0.2) is 29.2 Å². The van der Waals surface area contributed by atoms with Crippen LogP contribution in [0.25, 0.3) is 10.2 Å². The number of fused-ring (bicyclic) bond motifs is 1. The molecule has 2 aromatic rings. The number of thiophene rings is 1. The largest absolute Gasteiger partial charge is 0.381 e. The van der Waals surface area contributed by atoms with E-state index in [0.29, 0.717) is 17.2 Å². The van der Waals surface area contributed by atoms with Crippen LogP contribution >= 0.6 is 22.9 Å². The molecule has 0 aromatic carbocycles. The normalized spacial score (nSPS) is 18.6. The van der Waals surface area contributed by atoms with Gasteiger partial charge < -0.3 is 10.1 Å². The fraction of sp³-hybridized carbons (Fsp3) is 0.538. The molecule has 1 aliphatic rings. The van der Waals surface area contributed by atoms with Crippen molar-refractivity contribution >= 4 is 39.0 Å². The Bertz CT molecular complexity index is 568. The number of ether oxygens (including phenoxy) is 1. The van der Waals surface area contributed by atoms with Gasteiger partial charge in [0.05, 0.1) is 5.39 Å². The molecule has 0 radical (unpaired) electrons. The maximum absolute atomic E-state index is 5.97. The Kier molecular flexibility index (Phi) is 3.86. The highest BCUT2D eigenvalue weighted by Gasteiger charge is 2.21. The van der Waals surface area contributed by atoms with Gasteiger partial charge in [-0.2, -0.15) is 0 Å². The van der Waals surface area contributed by atoms with E-state index in [-0.39, 0.29) is 0 Å². The summed E-state index contributed by atoms with van der Waals surface area (Å²) in [6.07, 6.45) is 2.19. The maximum atomic E-state index is 5.97. The SMILES string of the molecule is CC(Nc1nc(Cl)nc2sccc12)C1CCOCC1. The zero-order valence-electron chi connectivity index (χ0n) is 10.7. The topological polar surface area (TPSA) is 47.0 Å². The third-order valence-electron chi connectivity index (χ3n) is 3.64. The molecule has 102 valence electrons. The predicted molar refractivity (Wildman–Crippen MR) is 79.1 cm³/mol. The Hall–Kier alpha value is -0.910. The quantitative estimate of drug-likeness (QED) is 0.880. The molecule has 0 bridgehead atoms. The second kappa shape index (κ2) is 5.61. The molecule has 1 saturated heterocycles. The number of nitrogens with one attached hydrogen (secondary N) is 1. The summed E-state index contributed by atoms with van der Waals surface area (Å²) in [4.78, 5) is 9.49. The lowest BCUT2D eigenvalue weighted by atomic mass is 9.93. The highest BCUT2D eigenvalue weighted by Crippen LogP contribution is 2.28. The van der Waals surface area contributed by atoms with Gasteiger partial charge in [0.1, 0.15) is 10.6 Å². The summed E-state index contributed by atoms with van der Waals surface area (Å²) in [5, 5.41) is 6.86. The third-order valence-corrected chi connectivity index (χ3v) is 4.61. The van der Waals surface area contributed by atoms with Gasteiger partial charge in [0.2, 0.25) is 5.28 Å². The summed E-state index contributed by atoms with van der Waals surface area (Å²) in [7, 11) is 0. The third kappa shape index (κ3) is 2.83. The molecule has 4 nitrogen and oxygen atoms in total. The Balaban J connectivity index is 1.82. The molecule has 1 N–H and O–H groups in total. The molecule has 3 heterocycles. The fourth-order valence-electron chi connectivity index (χ4n) is 2.49. The van der Waals surface area contributed by atoms with Crippen molar-refractivity contribution in [1.29, 1.82) is 0 Å². The fourth-order valence-corrected chi connectivity index (χ4v) is 3.47. The predicted octanol–water partition coefficient (Wildman–Crippen LogP) is 3.57. The number of aromatic nitrogens is 2. The summed E-state index contributed by atoms with van der Waals surface area (Å²) in [6.45, 7) is 3.91. The molecule has 6 heteroatoms. The Morgan fingerprint density at radius 2 is 2.21 bits per heavy atom. The molecule has 1 fully saturated rings. The first-order valence-electron chi connectivity index (χ1n) is 6.49. The molecule has 1 atom stereocenters. The summed E-state index contributed by atoms with van der Waals surface area (Å²) in [5.41, 5.74) is 0. The van der Waals surface area contributed by atoms with Gasteiger partial charge in [-0.15, -0.1) is 11.3 Å². The van der Waals surface area contributed by atoms with Gasteiger partial charge >= 0.3 is 0 Å². The number of hydrogen-bond donors (Lipinski definition) is 1. The van der Waals surface area contributed by atoms with Crippen LogP contribution in [0.3, 0.4) is 0 Å². The number of rotatable bonds is 3.